The van der Waals surface area contributed by atoms with E-state index in [2.05, 4.69) is 126 Å². The summed E-state index contributed by atoms with van der Waals surface area (Å²) in [5.74, 6) is 0.396. The second-order valence-corrected chi connectivity index (χ2v) is 13.5. The first-order chi connectivity index (χ1) is 13.9. The monoisotopic (exact) mass is 420 g/mol. The van der Waals surface area contributed by atoms with E-state index < -0.39 is 0 Å². The fraction of sp³-hybridized carbons (Fsp3) is 0.613. The van der Waals surface area contributed by atoms with Crippen molar-refractivity contribution in [3.05, 3.63) is 69.8 Å². The number of hydrogen-bond acceptors (Lipinski definition) is 0. The normalized spacial score (nSPS) is 14.6. The Morgan fingerprint density at radius 1 is 0.581 bits per heavy atom. The maximum atomic E-state index is 2.52. The van der Waals surface area contributed by atoms with Crippen LogP contribution in [-0.2, 0) is 21.7 Å². The Hall–Kier alpha value is -1.56. The molecule has 0 spiro atoms. The summed E-state index contributed by atoms with van der Waals surface area (Å²) in [7, 11) is 0. The van der Waals surface area contributed by atoms with Crippen molar-refractivity contribution in [2.45, 2.75) is 124 Å². The zero-order chi connectivity index (χ0) is 24.0. The third kappa shape index (κ3) is 5.63. The Kier molecular flexibility index (Phi) is 6.98. The molecule has 0 saturated carbocycles. The molecule has 0 amide bonds. The molecule has 0 aliphatic rings. The molecule has 0 bridgehead atoms. The van der Waals surface area contributed by atoms with E-state index in [0.29, 0.717) is 5.92 Å². The highest BCUT2D eigenvalue weighted by Crippen LogP contribution is 2.46. The first kappa shape index (κ1) is 25.7. The molecule has 1 unspecified atom stereocenters. The molecule has 0 fully saturated rings. The van der Waals surface area contributed by atoms with E-state index in [1.165, 1.54) is 27.8 Å². The minimum atomic E-state index is 0.0840. The lowest BCUT2D eigenvalue weighted by atomic mass is 9.67. The topological polar surface area (TPSA) is 0 Å². The molecule has 0 saturated heterocycles. The summed E-state index contributed by atoms with van der Waals surface area (Å²) < 4.78 is 0. The van der Waals surface area contributed by atoms with Gasteiger partial charge in [-0.3, -0.25) is 0 Å². The van der Waals surface area contributed by atoms with Crippen LogP contribution in [0.4, 0.5) is 0 Å². The van der Waals surface area contributed by atoms with Gasteiger partial charge in [-0.25, -0.2) is 0 Å². The third-order valence-electron chi connectivity index (χ3n) is 6.56. The highest BCUT2D eigenvalue weighted by molar-refractivity contribution is 5.53. The van der Waals surface area contributed by atoms with E-state index in [4.69, 9.17) is 0 Å². The van der Waals surface area contributed by atoms with Crippen LogP contribution in [0.3, 0.4) is 0 Å². The van der Waals surface area contributed by atoms with Crippen molar-refractivity contribution in [2.75, 3.05) is 0 Å². The molecule has 0 aliphatic heterocycles. The molecule has 172 valence electrons. The Morgan fingerprint density at radius 2 is 1.00 bits per heavy atom. The average Bonchev–Trinajstić information content (AvgIpc) is 2.59. The van der Waals surface area contributed by atoms with Crippen molar-refractivity contribution >= 4 is 0 Å². The van der Waals surface area contributed by atoms with Gasteiger partial charge in [0, 0.05) is 5.92 Å². The molecule has 2 aromatic rings. The van der Waals surface area contributed by atoms with Gasteiger partial charge >= 0.3 is 0 Å². The van der Waals surface area contributed by atoms with Crippen molar-refractivity contribution < 1.29 is 0 Å². The lowest BCUT2D eigenvalue weighted by Crippen LogP contribution is -2.27. The summed E-state index contributed by atoms with van der Waals surface area (Å²) in [5.41, 5.74) is 9.43. The average molecular weight is 421 g/mol. The standard InChI is InChI=1S/C31H48/c1-14-22(23-17-15-16-18-24(23)29(5,6)7)27-25(30(8,9)10)19-21(28(2,3)4)20-26(27)31(11,12)13/h15-20,22H,14H2,1-13H3. The van der Waals surface area contributed by atoms with E-state index in [-0.39, 0.29) is 21.7 Å². The molecule has 0 heterocycles. The van der Waals surface area contributed by atoms with Crippen molar-refractivity contribution in [3.63, 3.8) is 0 Å². The van der Waals surface area contributed by atoms with Crippen LogP contribution in [0.2, 0.25) is 0 Å². The van der Waals surface area contributed by atoms with Gasteiger partial charge in [-0.05, 0) is 61.5 Å². The van der Waals surface area contributed by atoms with Crippen LogP contribution in [0.25, 0.3) is 0 Å². The largest absolute Gasteiger partial charge is 0.0645 e. The summed E-state index contributed by atoms with van der Waals surface area (Å²) in [4.78, 5) is 0. The Balaban J connectivity index is 3.01. The lowest BCUT2D eigenvalue weighted by Gasteiger charge is -2.38. The van der Waals surface area contributed by atoms with Crippen molar-refractivity contribution in [2.24, 2.45) is 0 Å². The van der Waals surface area contributed by atoms with Gasteiger partial charge in [0.05, 0.1) is 0 Å². The van der Waals surface area contributed by atoms with E-state index in [1.807, 2.05) is 0 Å². The third-order valence-corrected chi connectivity index (χ3v) is 6.56. The number of hydrogen-bond donors (Lipinski definition) is 0. The summed E-state index contributed by atoms with van der Waals surface area (Å²) in [5, 5.41) is 0. The molecular weight excluding hydrogens is 372 g/mol. The predicted octanol–water partition coefficient (Wildman–Crippen LogP) is 9.42. The molecule has 0 aromatic heterocycles. The van der Waals surface area contributed by atoms with Crippen LogP contribution in [0.5, 0.6) is 0 Å². The Bertz CT molecular complexity index is 864. The molecule has 2 rings (SSSR count). The number of benzene rings is 2. The van der Waals surface area contributed by atoms with Crippen LogP contribution in [0.1, 0.15) is 136 Å². The molecule has 0 radical (unpaired) electrons. The van der Waals surface area contributed by atoms with Gasteiger partial charge in [-0.15, -0.1) is 0 Å². The van der Waals surface area contributed by atoms with Crippen LogP contribution in [-0.4, -0.2) is 0 Å². The number of rotatable bonds is 3. The minimum absolute atomic E-state index is 0.0840. The Labute approximate surface area is 193 Å². The van der Waals surface area contributed by atoms with Gasteiger partial charge in [0.2, 0.25) is 0 Å². The highest BCUT2D eigenvalue weighted by atomic mass is 14.4. The molecular formula is C31H48. The van der Waals surface area contributed by atoms with Gasteiger partial charge in [0.25, 0.3) is 0 Å². The Morgan fingerprint density at radius 3 is 1.35 bits per heavy atom. The van der Waals surface area contributed by atoms with E-state index in [1.54, 1.807) is 5.56 Å². The highest BCUT2D eigenvalue weighted by Gasteiger charge is 2.33. The fourth-order valence-corrected chi connectivity index (χ4v) is 4.77. The van der Waals surface area contributed by atoms with Crippen molar-refractivity contribution in [1.29, 1.82) is 0 Å². The summed E-state index contributed by atoms with van der Waals surface area (Å²) in [6.07, 6.45) is 1.11. The summed E-state index contributed by atoms with van der Waals surface area (Å²) in [6.45, 7) is 30.7. The molecule has 0 nitrogen and oxygen atoms in total. The van der Waals surface area contributed by atoms with Gasteiger partial charge in [0.15, 0.2) is 0 Å². The zero-order valence-electron chi connectivity index (χ0n) is 22.7. The second-order valence-electron chi connectivity index (χ2n) is 13.5. The van der Waals surface area contributed by atoms with Crippen molar-refractivity contribution in [1.82, 2.24) is 0 Å². The maximum absolute atomic E-state index is 2.52. The summed E-state index contributed by atoms with van der Waals surface area (Å²) >= 11 is 0. The predicted molar refractivity (Wildman–Crippen MR) is 140 cm³/mol. The van der Waals surface area contributed by atoms with Gasteiger partial charge < -0.3 is 0 Å². The van der Waals surface area contributed by atoms with Crippen LogP contribution in [0, 0.1) is 0 Å². The first-order valence-electron chi connectivity index (χ1n) is 12.2. The first-order valence-corrected chi connectivity index (χ1v) is 12.2. The van der Waals surface area contributed by atoms with Crippen LogP contribution >= 0.6 is 0 Å². The van der Waals surface area contributed by atoms with E-state index in [0.717, 1.165) is 6.42 Å². The van der Waals surface area contributed by atoms with Gasteiger partial charge in [-0.1, -0.05) is 126 Å². The molecule has 0 aliphatic carbocycles. The smallest absolute Gasteiger partial charge is 0.00955 e. The minimum Gasteiger partial charge on any atom is -0.0645 e. The van der Waals surface area contributed by atoms with Gasteiger partial charge in [-0.2, -0.15) is 0 Å². The van der Waals surface area contributed by atoms with Gasteiger partial charge in [0.1, 0.15) is 0 Å². The fourth-order valence-electron chi connectivity index (χ4n) is 4.77. The zero-order valence-corrected chi connectivity index (χ0v) is 22.7. The van der Waals surface area contributed by atoms with Crippen LogP contribution < -0.4 is 0 Å². The van der Waals surface area contributed by atoms with E-state index in [9.17, 15) is 0 Å². The molecule has 1 atom stereocenters. The summed E-state index contributed by atoms with van der Waals surface area (Å²) in [6, 6.07) is 14.2. The van der Waals surface area contributed by atoms with E-state index >= 15 is 0 Å². The SMILES string of the molecule is CCC(c1ccccc1C(C)(C)C)c1c(C(C)(C)C)cc(C(C)(C)C)cc1C(C)(C)C. The molecule has 2 aromatic carbocycles. The molecule has 0 heteroatoms. The molecule has 0 N–H and O–H groups in total. The molecule has 31 heavy (non-hydrogen) atoms. The second kappa shape index (κ2) is 8.42. The quantitative estimate of drug-likeness (QED) is 0.464. The van der Waals surface area contributed by atoms with Crippen LogP contribution in [0.15, 0.2) is 36.4 Å². The van der Waals surface area contributed by atoms with Crippen molar-refractivity contribution in [3.8, 4) is 0 Å². The lowest BCUT2D eigenvalue weighted by molar-refractivity contribution is 0.525. The maximum Gasteiger partial charge on any atom is 0.00955 e.